The fourth-order valence-corrected chi connectivity index (χ4v) is 2.26. The van der Waals surface area contributed by atoms with Crippen LogP contribution >= 0.6 is 15.9 Å². The van der Waals surface area contributed by atoms with Gasteiger partial charge in [-0.2, -0.15) is 5.26 Å². The Labute approximate surface area is 103 Å². The quantitative estimate of drug-likeness (QED) is 0.838. The van der Waals surface area contributed by atoms with Crippen LogP contribution in [0.4, 0.5) is 0 Å². The van der Waals surface area contributed by atoms with Crippen molar-refractivity contribution in [3.8, 4) is 11.8 Å². The van der Waals surface area contributed by atoms with Gasteiger partial charge in [-0.05, 0) is 40.6 Å². The van der Waals surface area contributed by atoms with Gasteiger partial charge in [0.25, 0.3) is 0 Å². The lowest BCUT2D eigenvalue weighted by atomic mass is 10.0. The Morgan fingerprint density at radius 1 is 1.31 bits per heavy atom. The van der Waals surface area contributed by atoms with Crippen molar-refractivity contribution < 1.29 is 4.74 Å². The lowest BCUT2D eigenvalue weighted by Gasteiger charge is -2.07. The summed E-state index contributed by atoms with van der Waals surface area (Å²) in [6.45, 7) is 0. The van der Waals surface area contributed by atoms with E-state index in [1.54, 1.807) is 7.11 Å². The van der Waals surface area contributed by atoms with Crippen molar-refractivity contribution in [3.63, 3.8) is 0 Å². The zero-order valence-electron chi connectivity index (χ0n) is 8.83. The molecule has 0 aliphatic heterocycles. The van der Waals surface area contributed by atoms with Gasteiger partial charge in [0.2, 0.25) is 0 Å². The molecule has 0 aliphatic carbocycles. The molecule has 0 bridgehead atoms. The van der Waals surface area contributed by atoms with Gasteiger partial charge in [-0.15, -0.1) is 0 Å². The van der Waals surface area contributed by atoms with Crippen molar-refractivity contribution in [1.82, 2.24) is 0 Å². The summed E-state index contributed by atoms with van der Waals surface area (Å²) in [5, 5.41) is 11.0. The lowest BCUT2D eigenvalue weighted by molar-refractivity contribution is 0.415. The number of ether oxygens (including phenoxy) is 1. The average molecular weight is 276 g/mol. The predicted octanol–water partition coefficient (Wildman–Crippen LogP) is 3.68. The molecule has 0 saturated heterocycles. The highest BCUT2D eigenvalue weighted by molar-refractivity contribution is 9.10. The molecule has 80 valence electrons. The van der Waals surface area contributed by atoms with Crippen LogP contribution in [0.3, 0.4) is 0 Å². The molecule has 0 radical (unpaired) electrons. The molecular formula is C13H10BrNO. The summed E-state index contributed by atoms with van der Waals surface area (Å²) in [5.74, 6) is 0.814. The average Bonchev–Trinajstić information content (AvgIpc) is 2.29. The predicted molar refractivity (Wildman–Crippen MR) is 67.5 cm³/mol. The first-order valence-corrected chi connectivity index (χ1v) is 5.67. The molecule has 0 heterocycles. The summed E-state index contributed by atoms with van der Waals surface area (Å²) in [6, 6.07) is 12.1. The number of halogens is 1. The fourth-order valence-electron chi connectivity index (χ4n) is 1.73. The third kappa shape index (κ3) is 2.02. The summed E-state index contributed by atoms with van der Waals surface area (Å²) < 4.78 is 6.19. The maximum atomic E-state index is 8.80. The van der Waals surface area contributed by atoms with E-state index in [9.17, 15) is 0 Å². The molecule has 2 rings (SSSR count). The second kappa shape index (κ2) is 4.54. The second-order valence-electron chi connectivity index (χ2n) is 3.49. The van der Waals surface area contributed by atoms with Gasteiger partial charge < -0.3 is 4.74 Å². The van der Waals surface area contributed by atoms with E-state index in [1.807, 2.05) is 30.3 Å². The lowest BCUT2D eigenvalue weighted by Crippen LogP contribution is -1.88. The molecule has 0 atom stereocenters. The highest BCUT2D eigenvalue weighted by Gasteiger charge is 2.04. The zero-order chi connectivity index (χ0) is 11.5. The molecule has 0 amide bonds. The molecular weight excluding hydrogens is 266 g/mol. The topological polar surface area (TPSA) is 33.0 Å². The minimum atomic E-state index is 0.406. The summed E-state index contributed by atoms with van der Waals surface area (Å²) in [4.78, 5) is 0. The van der Waals surface area contributed by atoms with Crippen LogP contribution in [-0.2, 0) is 6.42 Å². The SMILES string of the molecule is COc1ccc2cc(Br)cc(CC#N)c2c1. The monoisotopic (exact) mass is 275 g/mol. The number of rotatable bonds is 2. The highest BCUT2D eigenvalue weighted by atomic mass is 79.9. The standard InChI is InChI=1S/C13H10BrNO/c1-16-12-3-2-9-6-11(14)7-10(4-5-15)13(9)8-12/h2-3,6-8H,4H2,1H3. The number of methoxy groups -OCH3 is 1. The molecule has 0 spiro atoms. The molecule has 0 aliphatic rings. The molecule has 3 heteroatoms. The van der Waals surface area contributed by atoms with Crippen molar-refractivity contribution in [2.75, 3.05) is 7.11 Å². The van der Waals surface area contributed by atoms with E-state index in [0.717, 1.165) is 26.6 Å². The first-order valence-electron chi connectivity index (χ1n) is 4.87. The largest absolute Gasteiger partial charge is 0.497 e. The maximum absolute atomic E-state index is 8.80. The Hall–Kier alpha value is -1.53. The minimum absolute atomic E-state index is 0.406. The summed E-state index contributed by atoms with van der Waals surface area (Å²) in [5.41, 5.74) is 1.02. The van der Waals surface area contributed by atoms with Gasteiger partial charge in [-0.3, -0.25) is 0 Å². The molecule has 0 aromatic heterocycles. The van der Waals surface area contributed by atoms with Crippen LogP contribution in [0, 0.1) is 11.3 Å². The van der Waals surface area contributed by atoms with Gasteiger partial charge in [0, 0.05) is 4.47 Å². The normalized spacial score (nSPS) is 10.1. The molecule has 2 nitrogen and oxygen atoms in total. The third-order valence-electron chi connectivity index (χ3n) is 2.48. The fraction of sp³-hybridized carbons (Fsp3) is 0.154. The van der Waals surface area contributed by atoms with Crippen molar-refractivity contribution in [3.05, 3.63) is 40.4 Å². The molecule has 16 heavy (non-hydrogen) atoms. The number of nitriles is 1. The van der Waals surface area contributed by atoms with E-state index >= 15 is 0 Å². The number of benzene rings is 2. The molecule has 0 saturated carbocycles. The second-order valence-corrected chi connectivity index (χ2v) is 4.40. The van der Waals surface area contributed by atoms with Crippen molar-refractivity contribution in [1.29, 1.82) is 5.26 Å². The molecule has 0 fully saturated rings. The Kier molecular flexibility index (Phi) is 3.12. The Bertz CT molecular complexity index is 572. The van der Waals surface area contributed by atoms with Crippen LogP contribution in [0.5, 0.6) is 5.75 Å². The summed E-state index contributed by atoms with van der Waals surface area (Å²) in [6.07, 6.45) is 0.406. The van der Waals surface area contributed by atoms with Gasteiger partial charge >= 0.3 is 0 Å². The van der Waals surface area contributed by atoms with Crippen LogP contribution in [0.2, 0.25) is 0 Å². The van der Waals surface area contributed by atoms with Gasteiger partial charge in [0.05, 0.1) is 19.6 Å². The molecule has 2 aromatic rings. The number of hydrogen-bond donors (Lipinski definition) is 0. The Morgan fingerprint density at radius 3 is 2.81 bits per heavy atom. The van der Waals surface area contributed by atoms with E-state index in [-0.39, 0.29) is 0 Å². The Morgan fingerprint density at radius 2 is 2.12 bits per heavy atom. The van der Waals surface area contributed by atoms with E-state index in [1.165, 1.54) is 0 Å². The van der Waals surface area contributed by atoms with Crippen LogP contribution in [0.1, 0.15) is 5.56 Å². The number of fused-ring (bicyclic) bond motifs is 1. The summed E-state index contributed by atoms with van der Waals surface area (Å²) in [7, 11) is 1.64. The number of hydrogen-bond acceptors (Lipinski definition) is 2. The maximum Gasteiger partial charge on any atom is 0.119 e. The van der Waals surface area contributed by atoms with Crippen molar-refractivity contribution in [2.24, 2.45) is 0 Å². The van der Waals surface area contributed by atoms with Gasteiger partial charge in [-0.25, -0.2) is 0 Å². The van der Waals surface area contributed by atoms with Crippen LogP contribution in [0.25, 0.3) is 10.8 Å². The minimum Gasteiger partial charge on any atom is -0.497 e. The van der Waals surface area contributed by atoms with Gasteiger partial charge in [0.1, 0.15) is 5.75 Å². The highest BCUT2D eigenvalue weighted by Crippen LogP contribution is 2.28. The van der Waals surface area contributed by atoms with Gasteiger partial charge in [0.15, 0.2) is 0 Å². The van der Waals surface area contributed by atoms with E-state index in [4.69, 9.17) is 10.00 Å². The van der Waals surface area contributed by atoms with E-state index < -0.39 is 0 Å². The first kappa shape index (κ1) is 11.0. The summed E-state index contributed by atoms with van der Waals surface area (Å²) >= 11 is 3.45. The van der Waals surface area contributed by atoms with E-state index in [0.29, 0.717) is 6.42 Å². The van der Waals surface area contributed by atoms with Crippen LogP contribution in [-0.4, -0.2) is 7.11 Å². The van der Waals surface area contributed by atoms with Gasteiger partial charge in [-0.1, -0.05) is 22.0 Å². The first-order chi connectivity index (χ1) is 7.74. The number of nitrogens with zero attached hydrogens (tertiary/aromatic N) is 1. The third-order valence-corrected chi connectivity index (χ3v) is 2.94. The van der Waals surface area contributed by atoms with Crippen molar-refractivity contribution in [2.45, 2.75) is 6.42 Å². The van der Waals surface area contributed by atoms with Crippen molar-refractivity contribution >= 4 is 26.7 Å². The molecule has 0 N–H and O–H groups in total. The zero-order valence-corrected chi connectivity index (χ0v) is 10.4. The van der Waals surface area contributed by atoms with E-state index in [2.05, 4.69) is 22.0 Å². The Balaban J connectivity index is 2.71. The molecule has 0 unspecified atom stereocenters. The smallest absolute Gasteiger partial charge is 0.119 e. The van der Waals surface area contributed by atoms with Crippen LogP contribution < -0.4 is 4.74 Å². The van der Waals surface area contributed by atoms with Crippen LogP contribution in [0.15, 0.2) is 34.8 Å². The molecule has 2 aromatic carbocycles.